The zero-order chi connectivity index (χ0) is 20.7. The van der Waals surface area contributed by atoms with Crippen LogP contribution in [0, 0.1) is 0 Å². The maximum absolute atomic E-state index is 13.0. The molecule has 5 rings (SSSR count). The molecule has 3 unspecified atom stereocenters. The summed E-state index contributed by atoms with van der Waals surface area (Å²) >= 11 is 0. The number of rotatable bonds is 4. The lowest BCUT2D eigenvalue weighted by Gasteiger charge is -2.38. The summed E-state index contributed by atoms with van der Waals surface area (Å²) in [4.78, 5) is 14.8. The molecule has 0 N–H and O–H groups in total. The third kappa shape index (κ3) is 2.85. The van der Waals surface area contributed by atoms with E-state index in [-0.39, 0.29) is 6.04 Å². The summed E-state index contributed by atoms with van der Waals surface area (Å²) in [6.45, 7) is 2.02. The second-order valence-corrected chi connectivity index (χ2v) is 7.62. The molecule has 0 spiro atoms. The topological polar surface area (TPSA) is 48.0 Å². The Hall–Kier alpha value is -3.31. The quantitative estimate of drug-likeness (QED) is 0.581. The highest BCUT2D eigenvalue weighted by atomic mass is 16.9. The van der Waals surface area contributed by atoms with Crippen molar-refractivity contribution in [2.75, 3.05) is 7.11 Å². The van der Waals surface area contributed by atoms with E-state index in [1.165, 1.54) is 7.11 Å². The molecule has 2 heterocycles. The SMILES string of the molecule is COC12OC(=O)N(C(C)c3cccc4ccccc34)C1CC=C(c1ccccc1)O2. The Morgan fingerprint density at radius 1 is 1.00 bits per heavy atom. The first-order valence-corrected chi connectivity index (χ1v) is 10.1. The maximum Gasteiger partial charge on any atom is 0.416 e. The fraction of sp³-hybridized carbons (Fsp3) is 0.240. The van der Waals surface area contributed by atoms with Gasteiger partial charge in [0.25, 0.3) is 0 Å². The number of hydrogen-bond acceptors (Lipinski definition) is 4. The largest absolute Gasteiger partial charge is 0.428 e. The van der Waals surface area contributed by atoms with Gasteiger partial charge >= 0.3 is 12.1 Å². The molecule has 0 saturated carbocycles. The van der Waals surface area contributed by atoms with Crippen molar-refractivity contribution in [2.45, 2.75) is 31.4 Å². The minimum atomic E-state index is -1.46. The first-order valence-electron chi connectivity index (χ1n) is 10.1. The zero-order valence-electron chi connectivity index (χ0n) is 16.9. The van der Waals surface area contributed by atoms with Crippen molar-refractivity contribution in [1.29, 1.82) is 0 Å². The highest BCUT2D eigenvalue weighted by Crippen LogP contribution is 2.45. The lowest BCUT2D eigenvalue weighted by atomic mass is 9.96. The van der Waals surface area contributed by atoms with E-state index in [4.69, 9.17) is 14.2 Å². The van der Waals surface area contributed by atoms with Crippen LogP contribution >= 0.6 is 0 Å². The van der Waals surface area contributed by atoms with Crippen molar-refractivity contribution in [3.63, 3.8) is 0 Å². The smallest absolute Gasteiger partial charge is 0.416 e. The van der Waals surface area contributed by atoms with E-state index in [1.807, 2.05) is 61.5 Å². The molecule has 5 nitrogen and oxygen atoms in total. The molecule has 0 bridgehead atoms. The average molecular weight is 401 g/mol. The van der Waals surface area contributed by atoms with Gasteiger partial charge in [0.15, 0.2) is 0 Å². The maximum atomic E-state index is 13.0. The van der Waals surface area contributed by atoms with Crippen molar-refractivity contribution >= 4 is 22.6 Å². The van der Waals surface area contributed by atoms with E-state index in [0.29, 0.717) is 12.2 Å². The first-order chi connectivity index (χ1) is 14.6. The second kappa shape index (κ2) is 7.18. The predicted molar refractivity (Wildman–Crippen MR) is 114 cm³/mol. The monoisotopic (exact) mass is 401 g/mol. The molecule has 1 saturated heterocycles. The van der Waals surface area contributed by atoms with Crippen LogP contribution < -0.4 is 0 Å². The predicted octanol–water partition coefficient (Wildman–Crippen LogP) is 5.48. The number of ether oxygens (including phenoxy) is 3. The molecule has 3 aromatic rings. The van der Waals surface area contributed by atoms with Crippen molar-refractivity contribution < 1.29 is 19.0 Å². The Labute approximate surface area is 175 Å². The molecular weight excluding hydrogens is 378 g/mol. The number of carbonyl (C=O) groups is 1. The molecule has 0 aliphatic carbocycles. The fourth-order valence-electron chi connectivity index (χ4n) is 4.49. The van der Waals surface area contributed by atoms with E-state index in [2.05, 4.69) is 24.3 Å². The summed E-state index contributed by atoms with van der Waals surface area (Å²) in [7, 11) is 1.51. The van der Waals surface area contributed by atoms with Gasteiger partial charge in [0, 0.05) is 19.1 Å². The molecule has 0 aromatic heterocycles. The number of benzene rings is 3. The van der Waals surface area contributed by atoms with Gasteiger partial charge in [0.2, 0.25) is 0 Å². The van der Waals surface area contributed by atoms with Crippen LogP contribution in [0.1, 0.15) is 30.5 Å². The minimum absolute atomic E-state index is 0.207. The Morgan fingerprint density at radius 2 is 1.73 bits per heavy atom. The van der Waals surface area contributed by atoms with E-state index in [0.717, 1.165) is 21.9 Å². The van der Waals surface area contributed by atoms with E-state index in [1.54, 1.807) is 4.90 Å². The molecule has 5 heteroatoms. The fourth-order valence-corrected chi connectivity index (χ4v) is 4.49. The van der Waals surface area contributed by atoms with Crippen LogP contribution in [0.2, 0.25) is 0 Å². The molecule has 0 radical (unpaired) electrons. The highest BCUT2D eigenvalue weighted by Gasteiger charge is 2.60. The van der Waals surface area contributed by atoms with Crippen molar-refractivity contribution in [1.82, 2.24) is 4.90 Å². The molecule has 1 fully saturated rings. The summed E-state index contributed by atoms with van der Waals surface area (Å²) < 4.78 is 17.6. The van der Waals surface area contributed by atoms with Crippen LogP contribution in [0.4, 0.5) is 4.79 Å². The van der Waals surface area contributed by atoms with Crippen molar-refractivity contribution in [2.24, 2.45) is 0 Å². The summed E-state index contributed by atoms with van der Waals surface area (Å²) in [5, 5.41) is 2.26. The Bertz CT molecular complexity index is 1120. The molecule has 1 amide bonds. The number of hydrogen-bond donors (Lipinski definition) is 0. The van der Waals surface area contributed by atoms with Crippen LogP contribution in [0.3, 0.4) is 0 Å². The molecule has 3 atom stereocenters. The number of methoxy groups -OCH3 is 1. The van der Waals surface area contributed by atoms with Crippen LogP contribution in [0.5, 0.6) is 0 Å². The zero-order valence-corrected chi connectivity index (χ0v) is 16.9. The van der Waals surface area contributed by atoms with Crippen LogP contribution in [-0.4, -0.2) is 30.1 Å². The third-order valence-electron chi connectivity index (χ3n) is 6.00. The normalized spacial score (nSPS) is 24.1. The van der Waals surface area contributed by atoms with Gasteiger partial charge in [-0.3, -0.25) is 4.90 Å². The van der Waals surface area contributed by atoms with Gasteiger partial charge in [-0.05, 0) is 29.3 Å². The van der Waals surface area contributed by atoms with Gasteiger partial charge in [-0.25, -0.2) is 4.79 Å². The number of nitrogens with zero attached hydrogens (tertiary/aromatic N) is 1. The Kier molecular flexibility index (Phi) is 4.48. The summed E-state index contributed by atoms with van der Waals surface area (Å²) in [6.07, 6.45) is 2.13. The van der Waals surface area contributed by atoms with Gasteiger partial charge in [0.05, 0.1) is 6.04 Å². The standard InChI is InChI=1S/C25H23NO4/c1-17(20-14-8-12-18-9-6-7-13-21(18)20)26-23-16-15-22(19-10-4-3-5-11-19)29-25(23,28-2)30-24(26)27/h3-15,17,23H,16H2,1-2H3. The molecule has 2 aliphatic heterocycles. The van der Waals surface area contributed by atoms with Gasteiger partial charge in [-0.15, -0.1) is 0 Å². The molecule has 2 aliphatic rings. The third-order valence-corrected chi connectivity index (χ3v) is 6.00. The number of carbonyl (C=O) groups excluding carboxylic acids is 1. The molecule has 152 valence electrons. The lowest BCUT2D eigenvalue weighted by Crippen LogP contribution is -2.50. The molecule has 3 aromatic carbocycles. The first kappa shape index (κ1) is 18.7. The van der Waals surface area contributed by atoms with E-state index in [9.17, 15) is 4.79 Å². The van der Waals surface area contributed by atoms with Gasteiger partial charge in [0.1, 0.15) is 11.8 Å². The summed E-state index contributed by atoms with van der Waals surface area (Å²) in [5.74, 6) is -0.809. The van der Waals surface area contributed by atoms with Crippen LogP contribution in [0.15, 0.2) is 78.9 Å². The summed E-state index contributed by atoms with van der Waals surface area (Å²) in [6, 6.07) is 23.5. The van der Waals surface area contributed by atoms with Gasteiger partial charge in [-0.1, -0.05) is 72.8 Å². The van der Waals surface area contributed by atoms with Crippen LogP contribution in [0.25, 0.3) is 16.5 Å². The van der Waals surface area contributed by atoms with Gasteiger partial charge < -0.3 is 14.2 Å². The second-order valence-electron chi connectivity index (χ2n) is 7.62. The van der Waals surface area contributed by atoms with Crippen molar-refractivity contribution in [3.8, 4) is 0 Å². The molecule has 30 heavy (non-hydrogen) atoms. The number of fused-ring (bicyclic) bond motifs is 2. The Morgan fingerprint density at radius 3 is 2.53 bits per heavy atom. The summed E-state index contributed by atoms with van der Waals surface area (Å²) in [5.41, 5.74) is 1.98. The number of amides is 1. The average Bonchev–Trinajstić information content (AvgIpc) is 3.10. The van der Waals surface area contributed by atoms with E-state index >= 15 is 0 Å². The van der Waals surface area contributed by atoms with E-state index < -0.39 is 18.1 Å². The lowest BCUT2D eigenvalue weighted by molar-refractivity contribution is -0.318. The minimum Gasteiger partial charge on any atom is -0.428 e. The van der Waals surface area contributed by atoms with Crippen LogP contribution in [-0.2, 0) is 14.2 Å². The highest BCUT2D eigenvalue weighted by molar-refractivity contribution is 5.86. The molecular formula is C25H23NO4. The Balaban J connectivity index is 1.53. The van der Waals surface area contributed by atoms with Gasteiger partial charge in [-0.2, -0.15) is 0 Å². The van der Waals surface area contributed by atoms with Crippen molar-refractivity contribution in [3.05, 3.63) is 90.0 Å².